The molecule has 0 saturated carbocycles. The molecule has 4 rings (SSSR count). The fourth-order valence-electron chi connectivity index (χ4n) is 2.83. The Labute approximate surface area is 170 Å². The molecular weight excluding hydrogens is 386 g/mol. The van der Waals surface area contributed by atoms with E-state index in [2.05, 4.69) is 25.4 Å². The van der Waals surface area contributed by atoms with Crippen molar-refractivity contribution in [2.75, 3.05) is 12.4 Å². The number of aromatic nitrogens is 6. The molecule has 0 aliphatic rings. The maximum Gasteiger partial charge on any atom is 0.267 e. The van der Waals surface area contributed by atoms with Gasteiger partial charge in [-0.15, -0.1) is 0 Å². The zero-order valence-electron chi connectivity index (χ0n) is 16.0. The predicted molar refractivity (Wildman–Crippen MR) is 108 cm³/mol. The fourth-order valence-corrected chi connectivity index (χ4v) is 2.83. The second-order valence-corrected chi connectivity index (χ2v) is 6.19. The molecular formula is C20H17N7O3. The number of ether oxygens (including phenoxy) is 1. The number of carbonyl (C=O) groups excluding carboxylic acids is 1. The van der Waals surface area contributed by atoms with E-state index < -0.39 is 11.5 Å². The fraction of sp³-hybridized carbons (Fsp3) is 0.100. The van der Waals surface area contributed by atoms with Gasteiger partial charge in [0.2, 0.25) is 5.91 Å². The Hall–Kier alpha value is -4.34. The molecule has 3 heterocycles. The molecule has 10 heteroatoms. The van der Waals surface area contributed by atoms with E-state index in [-0.39, 0.29) is 6.54 Å². The van der Waals surface area contributed by atoms with Gasteiger partial charge in [-0.1, -0.05) is 12.1 Å². The summed E-state index contributed by atoms with van der Waals surface area (Å²) >= 11 is 0. The van der Waals surface area contributed by atoms with Gasteiger partial charge in [-0.2, -0.15) is 5.10 Å². The number of methoxy groups -OCH3 is 1. The van der Waals surface area contributed by atoms with Crippen LogP contribution >= 0.6 is 0 Å². The third-order valence-corrected chi connectivity index (χ3v) is 4.23. The molecule has 4 aromatic rings. The van der Waals surface area contributed by atoms with Crippen molar-refractivity contribution < 1.29 is 9.53 Å². The number of anilines is 1. The van der Waals surface area contributed by atoms with Gasteiger partial charge >= 0.3 is 0 Å². The lowest BCUT2D eigenvalue weighted by Crippen LogP contribution is -2.29. The predicted octanol–water partition coefficient (Wildman–Crippen LogP) is 1.53. The molecule has 0 saturated heterocycles. The minimum Gasteiger partial charge on any atom is -0.496 e. The largest absolute Gasteiger partial charge is 0.496 e. The topological polar surface area (TPSA) is 117 Å². The first-order chi connectivity index (χ1) is 14.6. The van der Waals surface area contributed by atoms with Crippen molar-refractivity contribution in [3.8, 4) is 22.8 Å². The van der Waals surface area contributed by atoms with E-state index in [9.17, 15) is 9.59 Å². The van der Waals surface area contributed by atoms with E-state index in [0.717, 1.165) is 10.2 Å². The summed E-state index contributed by atoms with van der Waals surface area (Å²) in [6.45, 7) is -0.272. The Balaban J connectivity index is 1.54. The Morgan fingerprint density at radius 1 is 1.17 bits per heavy atom. The molecule has 150 valence electrons. The standard InChI is InChI=1S/C20H17N7O3/c1-30-16-5-3-2-4-14(16)15-6-7-20(29)27(25-15)11-19(28)24-17-10-18(23-12-22-17)26-9-8-21-13-26/h2-10,12-13H,11H2,1H3,(H,22,23,24,28). The number of hydrogen-bond donors (Lipinski definition) is 1. The van der Waals surface area contributed by atoms with Crippen molar-refractivity contribution in [2.24, 2.45) is 0 Å². The van der Waals surface area contributed by atoms with Crippen molar-refractivity contribution >= 4 is 11.7 Å². The summed E-state index contributed by atoms with van der Waals surface area (Å²) in [6, 6.07) is 11.9. The van der Waals surface area contributed by atoms with Crippen molar-refractivity contribution in [1.29, 1.82) is 0 Å². The summed E-state index contributed by atoms with van der Waals surface area (Å²) in [5, 5.41) is 6.96. The lowest BCUT2D eigenvalue weighted by Gasteiger charge is -2.10. The monoisotopic (exact) mass is 403 g/mol. The van der Waals surface area contributed by atoms with Crippen LogP contribution in [0.1, 0.15) is 0 Å². The Morgan fingerprint density at radius 3 is 2.83 bits per heavy atom. The zero-order valence-corrected chi connectivity index (χ0v) is 16.0. The molecule has 30 heavy (non-hydrogen) atoms. The first-order valence-corrected chi connectivity index (χ1v) is 8.96. The Morgan fingerprint density at radius 2 is 2.03 bits per heavy atom. The van der Waals surface area contributed by atoms with Crippen LogP contribution in [0.2, 0.25) is 0 Å². The van der Waals surface area contributed by atoms with Crippen LogP contribution in [0.5, 0.6) is 5.75 Å². The summed E-state index contributed by atoms with van der Waals surface area (Å²) in [5.41, 5.74) is 0.838. The third-order valence-electron chi connectivity index (χ3n) is 4.23. The van der Waals surface area contributed by atoms with Crippen LogP contribution in [0.3, 0.4) is 0 Å². The smallest absolute Gasteiger partial charge is 0.267 e. The molecule has 0 atom stereocenters. The normalized spacial score (nSPS) is 10.6. The van der Waals surface area contributed by atoms with E-state index in [1.807, 2.05) is 18.2 Å². The van der Waals surface area contributed by atoms with E-state index in [1.165, 1.54) is 12.4 Å². The van der Waals surface area contributed by atoms with Crippen molar-refractivity contribution in [3.63, 3.8) is 0 Å². The Kier molecular flexibility index (Phi) is 5.29. The number of benzene rings is 1. The SMILES string of the molecule is COc1ccccc1-c1ccc(=O)n(CC(=O)Nc2cc(-n3ccnc3)ncn2)n1. The van der Waals surface area contributed by atoms with Crippen LogP contribution in [0.25, 0.3) is 17.1 Å². The van der Waals surface area contributed by atoms with Gasteiger partial charge in [0.25, 0.3) is 5.56 Å². The third kappa shape index (κ3) is 4.07. The highest BCUT2D eigenvalue weighted by Gasteiger charge is 2.12. The van der Waals surface area contributed by atoms with Crippen LogP contribution in [-0.4, -0.2) is 42.3 Å². The molecule has 1 N–H and O–H groups in total. The number of nitrogens with one attached hydrogen (secondary N) is 1. The molecule has 0 fully saturated rings. The van der Waals surface area contributed by atoms with Gasteiger partial charge in [-0.05, 0) is 18.2 Å². The average molecular weight is 403 g/mol. The quantitative estimate of drug-likeness (QED) is 0.519. The van der Waals surface area contributed by atoms with Gasteiger partial charge in [0, 0.05) is 30.1 Å². The molecule has 0 unspecified atom stereocenters. The summed E-state index contributed by atoms with van der Waals surface area (Å²) in [7, 11) is 1.56. The van der Waals surface area contributed by atoms with Crippen LogP contribution in [0.15, 0.2) is 72.3 Å². The number of amides is 1. The average Bonchev–Trinajstić information content (AvgIpc) is 3.30. The Bertz CT molecular complexity index is 1240. The zero-order chi connectivity index (χ0) is 20.9. The molecule has 0 aliphatic heterocycles. The summed E-state index contributed by atoms with van der Waals surface area (Å²) in [4.78, 5) is 36.8. The maximum absolute atomic E-state index is 12.5. The molecule has 10 nitrogen and oxygen atoms in total. The number of carbonyl (C=O) groups is 1. The van der Waals surface area contributed by atoms with Crippen molar-refractivity contribution in [2.45, 2.75) is 6.54 Å². The molecule has 0 spiro atoms. The molecule has 1 amide bonds. The van der Waals surface area contributed by atoms with Gasteiger partial charge in [0.1, 0.15) is 36.6 Å². The lowest BCUT2D eigenvalue weighted by molar-refractivity contribution is -0.117. The lowest BCUT2D eigenvalue weighted by atomic mass is 10.1. The van der Waals surface area contributed by atoms with Gasteiger partial charge in [-0.3, -0.25) is 14.2 Å². The van der Waals surface area contributed by atoms with Crippen molar-refractivity contribution in [1.82, 2.24) is 29.3 Å². The van der Waals surface area contributed by atoms with E-state index in [4.69, 9.17) is 4.74 Å². The molecule has 1 aromatic carbocycles. The maximum atomic E-state index is 12.5. The number of para-hydroxylation sites is 1. The minimum atomic E-state index is -0.447. The molecule has 0 aliphatic carbocycles. The van der Waals surface area contributed by atoms with Crippen LogP contribution < -0.4 is 15.6 Å². The van der Waals surface area contributed by atoms with E-state index in [1.54, 1.807) is 48.6 Å². The van der Waals surface area contributed by atoms with Crippen LogP contribution in [-0.2, 0) is 11.3 Å². The molecule has 3 aromatic heterocycles. The van der Waals surface area contributed by atoms with Crippen LogP contribution in [0, 0.1) is 0 Å². The van der Waals surface area contributed by atoms with Crippen LogP contribution in [0.4, 0.5) is 5.82 Å². The molecule has 0 radical (unpaired) electrons. The van der Waals surface area contributed by atoms with Gasteiger partial charge in [-0.25, -0.2) is 19.6 Å². The van der Waals surface area contributed by atoms with E-state index in [0.29, 0.717) is 23.1 Å². The van der Waals surface area contributed by atoms with Crippen molar-refractivity contribution in [3.05, 3.63) is 77.9 Å². The number of hydrogen-bond acceptors (Lipinski definition) is 7. The molecule has 0 bridgehead atoms. The summed E-state index contributed by atoms with van der Waals surface area (Å²) in [5.74, 6) is 1.02. The highest BCUT2D eigenvalue weighted by Crippen LogP contribution is 2.27. The highest BCUT2D eigenvalue weighted by molar-refractivity contribution is 5.89. The number of rotatable bonds is 6. The number of nitrogens with zero attached hydrogens (tertiary/aromatic N) is 6. The first-order valence-electron chi connectivity index (χ1n) is 8.96. The summed E-state index contributed by atoms with van der Waals surface area (Å²) < 4.78 is 8.12. The second-order valence-electron chi connectivity index (χ2n) is 6.19. The van der Waals surface area contributed by atoms with Gasteiger partial charge < -0.3 is 10.1 Å². The first kappa shape index (κ1) is 19.0. The highest BCUT2D eigenvalue weighted by atomic mass is 16.5. The van der Waals surface area contributed by atoms with Gasteiger partial charge in [0.05, 0.1) is 12.8 Å². The minimum absolute atomic E-state index is 0.272. The number of imidazole rings is 1. The second kappa shape index (κ2) is 8.35. The summed E-state index contributed by atoms with van der Waals surface area (Å²) in [6.07, 6.45) is 6.26. The van der Waals surface area contributed by atoms with E-state index >= 15 is 0 Å². The van der Waals surface area contributed by atoms with Gasteiger partial charge in [0.15, 0.2) is 0 Å².